The fraction of sp³-hybridized carbons (Fsp3) is 0.143. The Morgan fingerprint density at radius 1 is 0.722 bits per heavy atom. The van der Waals surface area contributed by atoms with Gasteiger partial charge in [-0.1, -0.05) is 33.7 Å². The van der Waals surface area contributed by atoms with Crippen LogP contribution < -0.4 is 10.6 Å². The first kappa shape index (κ1) is 13.2. The van der Waals surface area contributed by atoms with Gasteiger partial charge in [-0.05, 0) is 36.4 Å². The molecule has 0 bridgehead atoms. The zero-order chi connectivity index (χ0) is 12.8. The highest BCUT2D eigenvalue weighted by atomic mass is 33.1. The summed E-state index contributed by atoms with van der Waals surface area (Å²) < 4.78 is 0. The monoisotopic (exact) mass is 276 g/mol. The summed E-state index contributed by atoms with van der Waals surface area (Å²) in [5.41, 5.74) is 2.29. The van der Waals surface area contributed by atoms with E-state index in [0.29, 0.717) is 0 Å². The molecule has 18 heavy (non-hydrogen) atoms. The molecule has 0 aromatic heterocycles. The summed E-state index contributed by atoms with van der Waals surface area (Å²) in [6.07, 6.45) is 0. The van der Waals surface area contributed by atoms with Crippen molar-refractivity contribution in [3.8, 4) is 0 Å². The Morgan fingerprint density at radius 2 is 1.17 bits per heavy atom. The second-order valence-corrected chi connectivity index (χ2v) is 6.00. The third-order valence-corrected chi connectivity index (χ3v) is 4.86. The number of hydrogen-bond donors (Lipinski definition) is 2. The van der Waals surface area contributed by atoms with Gasteiger partial charge in [0.15, 0.2) is 0 Å². The molecule has 0 aliphatic rings. The van der Waals surface area contributed by atoms with Gasteiger partial charge < -0.3 is 10.6 Å². The van der Waals surface area contributed by atoms with E-state index in [4.69, 9.17) is 0 Å². The summed E-state index contributed by atoms with van der Waals surface area (Å²) in [5.74, 6) is 0. The van der Waals surface area contributed by atoms with Crippen molar-refractivity contribution in [2.75, 3.05) is 24.7 Å². The van der Waals surface area contributed by atoms with E-state index in [2.05, 4.69) is 59.2 Å². The molecule has 0 aliphatic heterocycles. The first-order chi connectivity index (χ1) is 8.81. The van der Waals surface area contributed by atoms with E-state index in [-0.39, 0.29) is 0 Å². The fourth-order valence-electron chi connectivity index (χ4n) is 1.50. The molecule has 2 nitrogen and oxygen atoms in total. The van der Waals surface area contributed by atoms with Gasteiger partial charge in [-0.2, -0.15) is 0 Å². The summed E-state index contributed by atoms with van der Waals surface area (Å²) in [4.78, 5) is 2.50. The van der Waals surface area contributed by atoms with Gasteiger partial charge in [-0.15, -0.1) is 0 Å². The number of benzene rings is 2. The first-order valence-corrected chi connectivity index (χ1v) is 7.87. The Balaban J connectivity index is 2.01. The molecular weight excluding hydrogens is 260 g/mol. The van der Waals surface area contributed by atoms with Crippen LogP contribution in [0.15, 0.2) is 58.3 Å². The van der Waals surface area contributed by atoms with Crippen molar-refractivity contribution in [1.29, 1.82) is 0 Å². The maximum Gasteiger partial charge on any atom is 0.0349 e. The molecule has 0 unspecified atom stereocenters. The molecule has 0 saturated carbocycles. The molecule has 0 heterocycles. The van der Waals surface area contributed by atoms with Crippen molar-refractivity contribution in [3.05, 3.63) is 48.5 Å². The lowest BCUT2D eigenvalue weighted by molar-refractivity contribution is 1.41. The number of nitrogens with one attached hydrogen (secondary N) is 2. The quantitative estimate of drug-likeness (QED) is 0.781. The van der Waals surface area contributed by atoms with Crippen LogP contribution in [0.4, 0.5) is 11.4 Å². The lowest BCUT2D eigenvalue weighted by atomic mass is 10.3. The highest BCUT2D eigenvalue weighted by Crippen LogP contribution is 2.38. The van der Waals surface area contributed by atoms with Crippen LogP contribution in [0.1, 0.15) is 0 Å². The van der Waals surface area contributed by atoms with Crippen molar-refractivity contribution < 1.29 is 0 Å². The van der Waals surface area contributed by atoms with Crippen LogP contribution in [0.3, 0.4) is 0 Å². The van der Waals surface area contributed by atoms with Gasteiger partial charge in [0.2, 0.25) is 0 Å². The van der Waals surface area contributed by atoms with Crippen LogP contribution in [0.2, 0.25) is 0 Å². The topological polar surface area (TPSA) is 24.1 Å². The van der Waals surface area contributed by atoms with Gasteiger partial charge >= 0.3 is 0 Å². The van der Waals surface area contributed by atoms with Crippen molar-refractivity contribution in [1.82, 2.24) is 0 Å². The lowest BCUT2D eigenvalue weighted by Gasteiger charge is -2.05. The summed E-state index contributed by atoms with van der Waals surface area (Å²) in [7, 11) is 7.42. The molecule has 2 N–H and O–H groups in total. The zero-order valence-corrected chi connectivity index (χ0v) is 12.1. The summed E-state index contributed by atoms with van der Waals surface area (Å²) >= 11 is 0. The molecule has 0 saturated heterocycles. The summed E-state index contributed by atoms with van der Waals surface area (Å²) in [6.45, 7) is 0. The zero-order valence-electron chi connectivity index (χ0n) is 10.4. The SMILES string of the molecule is CNc1cccc(SSc2cccc(NC)c2)c1. The molecular formula is C14H16N2S2. The average Bonchev–Trinajstić information content (AvgIpc) is 2.45. The Bertz CT molecular complexity index is 467. The van der Waals surface area contributed by atoms with E-state index in [9.17, 15) is 0 Å². The van der Waals surface area contributed by atoms with Gasteiger partial charge in [0.1, 0.15) is 0 Å². The van der Waals surface area contributed by atoms with Crippen LogP contribution in [-0.2, 0) is 0 Å². The molecule has 2 aromatic rings. The standard InChI is InChI=1S/C14H16N2S2/c1-15-11-5-3-7-13(9-11)17-18-14-8-4-6-12(10-14)16-2/h3-10,15-16H,1-2H3. The Labute approximate surface area is 116 Å². The number of rotatable bonds is 5. The smallest absolute Gasteiger partial charge is 0.0349 e. The first-order valence-electron chi connectivity index (χ1n) is 5.72. The Kier molecular flexibility index (Phi) is 4.84. The van der Waals surface area contributed by atoms with Crippen molar-refractivity contribution in [3.63, 3.8) is 0 Å². The molecule has 0 spiro atoms. The molecule has 2 aromatic carbocycles. The highest BCUT2D eigenvalue weighted by molar-refractivity contribution is 8.76. The maximum absolute atomic E-state index is 3.15. The van der Waals surface area contributed by atoms with Crippen LogP contribution in [0.25, 0.3) is 0 Å². The molecule has 0 aliphatic carbocycles. The maximum atomic E-state index is 3.15. The van der Waals surface area contributed by atoms with Gasteiger partial charge in [-0.3, -0.25) is 0 Å². The van der Waals surface area contributed by atoms with E-state index in [1.54, 1.807) is 21.6 Å². The average molecular weight is 276 g/mol. The molecule has 2 rings (SSSR count). The van der Waals surface area contributed by atoms with Crippen LogP contribution >= 0.6 is 21.6 Å². The Hall–Kier alpha value is -1.26. The van der Waals surface area contributed by atoms with Gasteiger partial charge in [-0.25, -0.2) is 0 Å². The summed E-state index contributed by atoms with van der Waals surface area (Å²) in [5, 5.41) is 6.30. The van der Waals surface area contributed by atoms with E-state index >= 15 is 0 Å². The lowest BCUT2D eigenvalue weighted by Crippen LogP contribution is -1.87. The largest absolute Gasteiger partial charge is 0.388 e. The number of anilines is 2. The van der Waals surface area contributed by atoms with E-state index in [1.165, 1.54) is 9.79 Å². The molecule has 0 amide bonds. The molecule has 0 fully saturated rings. The predicted molar refractivity (Wildman–Crippen MR) is 83.7 cm³/mol. The fourth-order valence-corrected chi connectivity index (χ4v) is 3.51. The molecule has 0 radical (unpaired) electrons. The predicted octanol–water partition coefficient (Wildman–Crippen LogP) is 4.57. The molecule has 0 atom stereocenters. The third-order valence-electron chi connectivity index (χ3n) is 2.48. The second-order valence-electron chi connectivity index (χ2n) is 3.72. The molecule has 4 heteroatoms. The molecule has 94 valence electrons. The minimum absolute atomic E-state index is 1.14. The Morgan fingerprint density at radius 3 is 1.56 bits per heavy atom. The van der Waals surface area contributed by atoms with Crippen LogP contribution in [0, 0.1) is 0 Å². The number of hydrogen-bond acceptors (Lipinski definition) is 4. The van der Waals surface area contributed by atoms with E-state index in [1.807, 2.05) is 14.1 Å². The van der Waals surface area contributed by atoms with Crippen LogP contribution in [-0.4, -0.2) is 14.1 Å². The van der Waals surface area contributed by atoms with E-state index < -0.39 is 0 Å². The van der Waals surface area contributed by atoms with Gasteiger partial charge in [0.25, 0.3) is 0 Å². The van der Waals surface area contributed by atoms with Gasteiger partial charge in [0.05, 0.1) is 0 Å². The normalized spacial score (nSPS) is 10.1. The van der Waals surface area contributed by atoms with Crippen molar-refractivity contribution in [2.24, 2.45) is 0 Å². The van der Waals surface area contributed by atoms with E-state index in [0.717, 1.165) is 11.4 Å². The minimum Gasteiger partial charge on any atom is -0.388 e. The van der Waals surface area contributed by atoms with Gasteiger partial charge in [0, 0.05) is 35.3 Å². The third kappa shape index (κ3) is 3.62. The minimum atomic E-state index is 1.14. The highest BCUT2D eigenvalue weighted by Gasteiger charge is 1.99. The second kappa shape index (κ2) is 6.61. The summed E-state index contributed by atoms with van der Waals surface area (Å²) in [6, 6.07) is 16.8. The van der Waals surface area contributed by atoms with Crippen LogP contribution in [0.5, 0.6) is 0 Å². The van der Waals surface area contributed by atoms with Crippen molar-refractivity contribution in [2.45, 2.75) is 9.79 Å². The van der Waals surface area contributed by atoms with Crippen molar-refractivity contribution >= 4 is 33.0 Å².